The summed E-state index contributed by atoms with van der Waals surface area (Å²) in [7, 11) is 1.63. The Labute approximate surface area is 161 Å². The Kier molecular flexibility index (Phi) is 6.57. The van der Waals surface area contributed by atoms with Gasteiger partial charge in [0.05, 0.1) is 0 Å². The molecule has 1 aromatic heterocycles. The molecule has 0 radical (unpaired) electrons. The van der Waals surface area contributed by atoms with E-state index in [0.29, 0.717) is 19.0 Å². The standard InChI is InChI=1S/C19H22F3N5O/c1-23-19(25-13-14-15(20)5-4-6-16(14)28-18(21)22)27-11-9-26(10-12-27)17-7-2-3-8-24-17/h2-8,18H,9-13H2,1H3,(H,23,25). The van der Waals surface area contributed by atoms with Gasteiger partial charge in [0.1, 0.15) is 17.4 Å². The van der Waals surface area contributed by atoms with Crippen LogP contribution in [0.5, 0.6) is 5.75 Å². The van der Waals surface area contributed by atoms with Crippen molar-refractivity contribution in [1.82, 2.24) is 15.2 Å². The third-order valence-electron chi connectivity index (χ3n) is 4.48. The molecule has 2 heterocycles. The zero-order chi connectivity index (χ0) is 19.9. The van der Waals surface area contributed by atoms with Crippen LogP contribution < -0.4 is 15.0 Å². The third-order valence-corrected chi connectivity index (χ3v) is 4.48. The maximum atomic E-state index is 14.1. The van der Waals surface area contributed by atoms with Crippen LogP contribution in [0.4, 0.5) is 19.0 Å². The van der Waals surface area contributed by atoms with Crippen molar-refractivity contribution in [2.75, 3.05) is 38.1 Å². The molecule has 0 aliphatic carbocycles. The van der Waals surface area contributed by atoms with Gasteiger partial charge in [-0.15, -0.1) is 0 Å². The maximum absolute atomic E-state index is 14.1. The van der Waals surface area contributed by atoms with Crippen LogP contribution in [0.1, 0.15) is 5.56 Å². The lowest BCUT2D eigenvalue weighted by Gasteiger charge is -2.37. The number of anilines is 1. The van der Waals surface area contributed by atoms with E-state index in [2.05, 4.69) is 24.9 Å². The molecule has 0 unspecified atom stereocenters. The van der Waals surface area contributed by atoms with Crippen LogP contribution in [0, 0.1) is 5.82 Å². The summed E-state index contributed by atoms with van der Waals surface area (Å²) in [5.74, 6) is 0.705. The average Bonchev–Trinajstić information content (AvgIpc) is 2.71. The minimum atomic E-state index is -3.01. The quantitative estimate of drug-likeness (QED) is 0.625. The molecule has 1 N–H and O–H groups in total. The van der Waals surface area contributed by atoms with E-state index in [-0.39, 0.29) is 17.9 Å². The summed E-state index contributed by atoms with van der Waals surface area (Å²) in [5.41, 5.74) is 0.0380. The Hall–Kier alpha value is -2.97. The number of nitrogens with one attached hydrogen (secondary N) is 1. The number of alkyl halides is 2. The van der Waals surface area contributed by atoms with Gasteiger partial charge < -0.3 is 19.9 Å². The summed E-state index contributed by atoms with van der Waals surface area (Å²) < 4.78 is 43.6. The summed E-state index contributed by atoms with van der Waals surface area (Å²) in [6.45, 7) is -0.0996. The number of benzene rings is 1. The van der Waals surface area contributed by atoms with Gasteiger partial charge in [0.25, 0.3) is 0 Å². The molecule has 6 nitrogen and oxygen atoms in total. The Morgan fingerprint density at radius 3 is 2.61 bits per heavy atom. The lowest BCUT2D eigenvalue weighted by Crippen LogP contribution is -2.52. The minimum absolute atomic E-state index is 0.0120. The van der Waals surface area contributed by atoms with Gasteiger partial charge in [0.15, 0.2) is 5.96 Å². The first-order chi connectivity index (χ1) is 13.6. The van der Waals surface area contributed by atoms with Crippen LogP contribution in [-0.4, -0.2) is 55.7 Å². The van der Waals surface area contributed by atoms with Crippen LogP contribution in [0.15, 0.2) is 47.6 Å². The second-order valence-corrected chi connectivity index (χ2v) is 6.16. The average molecular weight is 393 g/mol. The fourth-order valence-corrected chi connectivity index (χ4v) is 3.10. The summed E-state index contributed by atoms with van der Waals surface area (Å²) in [6.07, 6.45) is 1.76. The molecule has 1 aliphatic heterocycles. The fraction of sp³-hybridized carbons (Fsp3) is 0.368. The van der Waals surface area contributed by atoms with Crippen molar-refractivity contribution >= 4 is 11.8 Å². The third kappa shape index (κ3) is 4.85. The van der Waals surface area contributed by atoms with Crippen LogP contribution in [0.25, 0.3) is 0 Å². The van der Waals surface area contributed by atoms with Crippen molar-refractivity contribution < 1.29 is 17.9 Å². The first-order valence-corrected chi connectivity index (χ1v) is 8.92. The molecule has 1 saturated heterocycles. The summed E-state index contributed by atoms with van der Waals surface area (Å²) in [5, 5.41) is 3.04. The largest absolute Gasteiger partial charge is 0.434 e. The van der Waals surface area contributed by atoms with Gasteiger partial charge in [-0.3, -0.25) is 4.99 Å². The predicted molar refractivity (Wildman–Crippen MR) is 101 cm³/mol. The number of pyridine rings is 1. The van der Waals surface area contributed by atoms with E-state index in [1.807, 2.05) is 23.1 Å². The van der Waals surface area contributed by atoms with Gasteiger partial charge in [0, 0.05) is 51.5 Å². The van der Waals surface area contributed by atoms with Gasteiger partial charge in [-0.05, 0) is 24.3 Å². The van der Waals surface area contributed by atoms with Gasteiger partial charge in [0.2, 0.25) is 0 Å². The van der Waals surface area contributed by atoms with E-state index < -0.39 is 12.4 Å². The number of aromatic nitrogens is 1. The molecule has 28 heavy (non-hydrogen) atoms. The predicted octanol–water partition coefficient (Wildman–Crippen LogP) is 2.72. The molecule has 2 aromatic rings. The number of rotatable bonds is 5. The molecular formula is C19H22F3N5O. The van der Waals surface area contributed by atoms with Crippen LogP contribution in [0.2, 0.25) is 0 Å². The number of hydrogen-bond acceptors (Lipinski definition) is 4. The number of halogens is 3. The molecular weight excluding hydrogens is 371 g/mol. The number of piperazine rings is 1. The van der Waals surface area contributed by atoms with Crippen molar-refractivity contribution in [3.8, 4) is 5.75 Å². The zero-order valence-corrected chi connectivity index (χ0v) is 15.5. The summed E-state index contributed by atoms with van der Waals surface area (Å²) >= 11 is 0. The van der Waals surface area contributed by atoms with Gasteiger partial charge in [-0.2, -0.15) is 8.78 Å². The lowest BCUT2D eigenvalue weighted by molar-refractivity contribution is -0.0506. The van der Waals surface area contributed by atoms with E-state index >= 15 is 0 Å². The molecule has 3 rings (SSSR count). The lowest BCUT2D eigenvalue weighted by atomic mass is 10.2. The topological polar surface area (TPSA) is 53.0 Å². The van der Waals surface area contributed by atoms with E-state index in [9.17, 15) is 13.2 Å². The smallest absolute Gasteiger partial charge is 0.387 e. The first-order valence-electron chi connectivity index (χ1n) is 8.92. The Morgan fingerprint density at radius 2 is 1.96 bits per heavy atom. The molecule has 150 valence electrons. The highest BCUT2D eigenvalue weighted by molar-refractivity contribution is 5.80. The molecule has 9 heteroatoms. The number of hydrogen-bond donors (Lipinski definition) is 1. The monoisotopic (exact) mass is 393 g/mol. The van der Waals surface area contributed by atoms with Crippen molar-refractivity contribution in [2.45, 2.75) is 13.2 Å². The van der Waals surface area contributed by atoms with Gasteiger partial charge in [-0.25, -0.2) is 9.37 Å². The van der Waals surface area contributed by atoms with Crippen LogP contribution >= 0.6 is 0 Å². The minimum Gasteiger partial charge on any atom is -0.434 e. The first kappa shape index (κ1) is 19.8. The number of guanidine groups is 1. The van der Waals surface area contributed by atoms with Crippen molar-refractivity contribution in [3.05, 3.63) is 54.0 Å². The molecule has 1 aliphatic rings. The molecule has 0 bridgehead atoms. The van der Waals surface area contributed by atoms with Crippen molar-refractivity contribution in [2.24, 2.45) is 4.99 Å². The highest BCUT2D eigenvalue weighted by Gasteiger charge is 2.21. The highest BCUT2D eigenvalue weighted by atomic mass is 19.3. The number of aliphatic imine (C=N–C) groups is 1. The van der Waals surface area contributed by atoms with Crippen molar-refractivity contribution in [1.29, 1.82) is 0 Å². The fourth-order valence-electron chi connectivity index (χ4n) is 3.10. The second kappa shape index (κ2) is 9.29. The normalized spacial score (nSPS) is 15.1. The molecule has 1 fully saturated rings. The van der Waals surface area contributed by atoms with E-state index in [4.69, 9.17) is 0 Å². The van der Waals surface area contributed by atoms with Crippen LogP contribution in [0.3, 0.4) is 0 Å². The maximum Gasteiger partial charge on any atom is 0.387 e. The second-order valence-electron chi connectivity index (χ2n) is 6.16. The molecule has 1 aromatic carbocycles. The number of nitrogens with zero attached hydrogens (tertiary/aromatic N) is 4. The van der Waals surface area contributed by atoms with Crippen LogP contribution in [-0.2, 0) is 6.54 Å². The molecule has 0 spiro atoms. The molecule has 0 amide bonds. The summed E-state index contributed by atoms with van der Waals surface area (Å²) in [6, 6.07) is 9.65. The van der Waals surface area contributed by atoms with Crippen molar-refractivity contribution in [3.63, 3.8) is 0 Å². The van der Waals surface area contributed by atoms with E-state index in [1.165, 1.54) is 18.2 Å². The Bertz CT molecular complexity index is 795. The molecule has 0 saturated carbocycles. The van der Waals surface area contributed by atoms with Gasteiger partial charge in [-0.1, -0.05) is 12.1 Å². The Morgan fingerprint density at radius 1 is 1.18 bits per heavy atom. The highest BCUT2D eigenvalue weighted by Crippen LogP contribution is 2.23. The number of ether oxygens (including phenoxy) is 1. The molecule has 0 atom stereocenters. The Balaban J connectivity index is 1.60. The SMILES string of the molecule is CN=C(NCc1c(F)cccc1OC(F)F)N1CCN(c2ccccn2)CC1. The van der Waals surface area contributed by atoms with E-state index in [0.717, 1.165) is 18.9 Å². The summed E-state index contributed by atoms with van der Waals surface area (Å²) in [4.78, 5) is 12.8. The van der Waals surface area contributed by atoms with Gasteiger partial charge >= 0.3 is 6.61 Å². The van der Waals surface area contributed by atoms with E-state index in [1.54, 1.807) is 13.2 Å². The zero-order valence-electron chi connectivity index (χ0n) is 15.5.